The number of rotatable bonds is 3. The molecule has 0 spiro atoms. The zero-order valence-corrected chi connectivity index (χ0v) is 15.2. The second-order valence-corrected chi connectivity index (χ2v) is 9.74. The van der Waals surface area contributed by atoms with E-state index in [0.717, 1.165) is 3.79 Å². The summed E-state index contributed by atoms with van der Waals surface area (Å²) in [5.41, 5.74) is 2.61. The summed E-state index contributed by atoms with van der Waals surface area (Å²) in [5.74, 6) is 0. The van der Waals surface area contributed by atoms with E-state index >= 15 is 0 Å². The van der Waals surface area contributed by atoms with Crippen molar-refractivity contribution in [2.75, 3.05) is 7.05 Å². The van der Waals surface area contributed by atoms with Gasteiger partial charge in [0.25, 0.3) is 0 Å². The van der Waals surface area contributed by atoms with Gasteiger partial charge in [-0.2, -0.15) is 0 Å². The molecule has 0 aromatic carbocycles. The Kier molecular flexibility index (Phi) is 4.88. The molecule has 2 aromatic rings. The predicted molar refractivity (Wildman–Crippen MR) is 87.7 cm³/mol. The molecule has 6 heteroatoms. The smallest absolute Gasteiger partial charge is 0.0761 e. The van der Waals surface area contributed by atoms with Gasteiger partial charge in [0.2, 0.25) is 0 Å². The Bertz CT molecular complexity index is 495. The van der Waals surface area contributed by atoms with Gasteiger partial charge in [0.15, 0.2) is 0 Å². The Labute approximate surface area is 133 Å². The van der Waals surface area contributed by atoms with Gasteiger partial charge in [-0.05, 0) is 90.1 Å². The Balaban J connectivity index is 2.40. The van der Waals surface area contributed by atoms with Crippen LogP contribution in [0.4, 0.5) is 0 Å². The second-order valence-electron chi connectivity index (χ2n) is 3.19. The first-order valence-electron chi connectivity index (χ1n) is 4.47. The lowest BCUT2D eigenvalue weighted by atomic mass is 10.1. The van der Waals surface area contributed by atoms with Crippen molar-refractivity contribution in [2.45, 2.75) is 6.04 Å². The van der Waals surface area contributed by atoms with E-state index in [2.05, 4.69) is 77.3 Å². The number of halogens is 3. The van der Waals surface area contributed by atoms with Gasteiger partial charge in [0, 0.05) is 0 Å². The Morgan fingerprint density at radius 3 is 2.56 bits per heavy atom. The minimum Gasteiger partial charge on any atom is -0.309 e. The molecule has 1 N–H and O–H groups in total. The average molecular weight is 493 g/mol. The maximum absolute atomic E-state index is 3.61. The molecule has 0 saturated heterocycles. The molecule has 1 unspecified atom stereocenters. The second kappa shape index (κ2) is 5.79. The monoisotopic (exact) mass is 491 g/mol. The highest BCUT2D eigenvalue weighted by atomic mass is 127. The van der Waals surface area contributed by atoms with Crippen molar-refractivity contribution >= 4 is 77.1 Å². The quantitative estimate of drug-likeness (QED) is 0.577. The molecule has 0 aliphatic heterocycles. The minimum atomic E-state index is 0.261. The lowest BCUT2D eigenvalue weighted by molar-refractivity contribution is 0.694. The Morgan fingerprint density at radius 2 is 2.12 bits per heavy atom. The van der Waals surface area contributed by atoms with E-state index in [1.165, 1.54) is 17.8 Å². The van der Waals surface area contributed by atoms with E-state index in [9.17, 15) is 0 Å². The molecule has 16 heavy (non-hydrogen) atoms. The highest BCUT2D eigenvalue weighted by Crippen LogP contribution is 2.38. The van der Waals surface area contributed by atoms with Gasteiger partial charge in [0.1, 0.15) is 0 Å². The molecule has 0 aliphatic rings. The summed E-state index contributed by atoms with van der Waals surface area (Å²) in [6.45, 7) is 0. The van der Waals surface area contributed by atoms with E-state index < -0.39 is 0 Å². The van der Waals surface area contributed by atoms with Gasteiger partial charge in [-0.1, -0.05) is 0 Å². The molecule has 2 rings (SSSR count). The first-order valence-corrected chi connectivity index (χ1v) is 8.84. The predicted octanol–water partition coefficient (Wildman–Crippen LogP) is 5.25. The van der Waals surface area contributed by atoms with Crippen LogP contribution in [-0.2, 0) is 0 Å². The summed E-state index contributed by atoms with van der Waals surface area (Å²) in [7, 11) is 1.99. The Morgan fingerprint density at radius 1 is 1.38 bits per heavy atom. The fraction of sp³-hybridized carbons (Fsp3) is 0.200. The number of nitrogens with one attached hydrogen (secondary N) is 1. The van der Waals surface area contributed by atoms with Crippen LogP contribution in [0.25, 0.3) is 0 Å². The fourth-order valence-corrected chi connectivity index (χ4v) is 5.83. The number of hydrogen-bond acceptors (Lipinski definition) is 3. The topological polar surface area (TPSA) is 12.0 Å². The first kappa shape index (κ1) is 13.5. The van der Waals surface area contributed by atoms with Crippen molar-refractivity contribution < 1.29 is 0 Å². The molecule has 0 aliphatic carbocycles. The van der Waals surface area contributed by atoms with Gasteiger partial charge in [-0.15, -0.1) is 22.7 Å². The van der Waals surface area contributed by atoms with Gasteiger partial charge in [0.05, 0.1) is 16.5 Å². The van der Waals surface area contributed by atoms with Crippen molar-refractivity contribution in [3.05, 3.63) is 39.1 Å². The van der Waals surface area contributed by atoms with Gasteiger partial charge in [-0.25, -0.2) is 0 Å². The average Bonchev–Trinajstić information content (AvgIpc) is 2.76. The summed E-state index contributed by atoms with van der Waals surface area (Å²) in [5, 5.41) is 5.57. The van der Waals surface area contributed by atoms with Crippen LogP contribution in [0.3, 0.4) is 0 Å². The molecule has 0 bridgehead atoms. The van der Waals surface area contributed by atoms with Crippen LogP contribution >= 0.6 is 77.1 Å². The van der Waals surface area contributed by atoms with Crippen molar-refractivity contribution in [3.63, 3.8) is 0 Å². The van der Waals surface area contributed by atoms with Gasteiger partial charge >= 0.3 is 0 Å². The highest BCUT2D eigenvalue weighted by Gasteiger charge is 2.18. The molecule has 0 fully saturated rings. The molecule has 2 heterocycles. The van der Waals surface area contributed by atoms with Crippen LogP contribution in [0.15, 0.2) is 25.1 Å². The van der Waals surface area contributed by atoms with Crippen molar-refractivity contribution in [1.29, 1.82) is 0 Å². The molecule has 0 radical (unpaired) electrons. The zero-order valence-electron chi connectivity index (χ0n) is 8.26. The van der Waals surface area contributed by atoms with Crippen LogP contribution in [0.5, 0.6) is 0 Å². The van der Waals surface area contributed by atoms with Gasteiger partial charge < -0.3 is 5.32 Å². The summed E-state index contributed by atoms with van der Waals surface area (Å²) in [6.07, 6.45) is 0. The molecule has 2 aromatic heterocycles. The molecular formula is C10H8Br2INS2. The molecule has 86 valence electrons. The largest absolute Gasteiger partial charge is 0.309 e. The number of hydrogen-bond donors (Lipinski definition) is 1. The van der Waals surface area contributed by atoms with Crippen molar-refractivity contribution in [2.24, 2.45) is 0 Å². The molecule has 0 saturated carbocycles. The molecule has 0 amide bonds. The van der Waals surface area contributed by atoms with E-state index in [-0.39, 0.29) is 6.04 Å². The maximum Gasteiger partial charge on any atom is 0.0761 e. The van der Waals surface area contributed by atoms with Crippen LogP contribution in [0.2, 0.25) is 0 Å². The standard InChI is InChI=1S/C10H8Br2INS2/c1-14-9(5-2-8(13)15-4-5)6-3-7(11)16-10(6)12/h2-4,9,14H,1H3. The fourth-order valence-electron chi connectivity index (χ4n) is 1.53. The highest BCUT2D eigenvalue weighted by molar-refractivity contribution is 14.1. The van der Waals surface area contributed by atoms with Gasteiger partial charge in [-0.3, -0.25) is 0 Å². The summed E-state index contributed by atoms with van der Waals surface area (Å²) < 4.78 is 3.65. The van der Waals surface area contributed by atoms with Crippen molar-refractivity contribution in [1.82, 2.24) is 5.32 Å². The van der Waals surface area contributed by atoms with Crippen LogP contribution in [-0.4, -0.2) is 7.05 Å². The lowest BCUT2D eigenvalue weighted by Crippen LogP contribution is -2.16. The van der Waals surface area contributed by atoms with E-state index in [4.69, 9.17) is 0 Å². The first-order chi connectivity index (χ1) is 7.61. The SMILES string of the molecule is CNC(c1csc(I)c1)c1cc(Br)sc1Br. The maximum atomic E-state index is 3.61. The van der Waals surface area contributed by atoms with E-state index in [1.54, 1.807) is 22.7 Å². The third-order valence-electron chi connectivity index (χ3n) is 2.20. The summed E-state index contributed by atoms with van der Waals surface area (Å²) in [6, 6.07) is 4.65. The summed E-state index contributed by atoms with van der Waals surface area (Å²) >= 11 is 13.0. The van der Waals surface area contributed by atoms with Crippen LogP contribution in [0.1, 0.15) is 17.2 Å². The number of thiophene rings is 2. The molecule has 1 atom stereocenters. The third-order valence-corrected chi connectivity index (χ3v) is 6.40. The molecule has 1 nitrogen and oxygen atoms in total. The zero-order chi connectivity index (χ0) is 11.7. The third kappa shape index (κ3) is 2.89. The van der Waals surface area contributed by atoms with Crippen LogP contribution < -0.4 is 5.32 Å². The van der Waals surface area contributed by atoms with E-state index in [1.807, 2.05) is 7.05 Å². The molecular weight excluding hydrogens is 485 g/mol. The lowest BCUT2D eigenvalue weighted by Gasteiger charge is -2.14. The minimum absolute atomic E-state index is 0.261. The van der Waals surface area contributed by atoms with Crippen LogP contribution in [0, 0.1) is 2.88 Å². The summed E-state index contributed by atoms with van der Waals surface area (Å²) in [4.78, 5) is 0. The van der Waals surface area contributed by atoms with E-state index in [0.29, 0.717) is 0 Å². The Hall–Kier alpha value is 1.05. The normalized spacial score (nSPS) is 13.0. The van der Waals surface area contributed by atoms with Crippen molar-refractivity contribution in [3.8, 4) is 0 Å².